The van der Waals surface area contributed by atoms with E-state index in [2.05, 4.69) is 27.0 Å². The summed E-state index contributed by atoms with van der Waals surface area (Å²) in [7, 11) is 0. The maximum atomic E-state index is 12.7. The van der Waals surface area contributed by atoms with Gasteiger partial charge in [0.2, 0.25) is 5.78 Å². The summed E-state index contributed by atoms with van der Waals surface area (Å²) in [5, 5.41) is 11.0. The first-order valence-electron chi connectivity index (χ1n) is 9.64. The second-order valence-corrected chi connectivity index (χ2v) is 6.96. The fourth-order valence-corrected chi connectivity index (χ4v) is 3.40. The zero-order valence-corrected chi connectivity index (χ0v) is 16.9. The molecule has 1 aromatic carbocycles. The van der Waals surface area contributed by atoms with Gasteiger partial charge < -0.3 is 9.30 Å². The fraction of sp³-hybridized carbons (Fsp3) is 0.381. The van der Waals surface area contributed by atoms with Crippen molar-refractivity contribution in [2.24, 2.45) is 0 Å². The molecule has 0 radical (unpaired) electrons. The molecule has 0 aliphatic rings. The third kappa shape index (κ3) is 4.77. The molecule has 0 bridgehead atoms. The number of benzene rings is 1. The van der Waals surface area contributed by atoms with E-state index in [4.69, 9.17) is 4.74 Å². The smallest absolute Gasteiger partial charge is 0.331 e. The van der Waals surface area contributed by atoms with E-state index in [9.17, 15) is 9.59 Å². The van der Waals surface area contributed by atoms with Gasteiger partial charge in [-0.25, -0.2) is 9.48 Å². The highest BCUT2D eigenvalue weighted by Crippen LogP contribution is 2.18. The molecular formula is C21H25N5O3. The minimum absolute atomic E-state index is 0.219. The number of nitrogens with zero attached hydrogens (tertiary/aromatic N) is 5. The highest BCUT2D eigenvalue weighted by Gasteiger charge is 2.25. The largest absolute Gasteiger partial charge is 0.456 e. The lowest BCUT2D eigenvalue weighted by Gasteiger charge is -2.15. The number of tetrazole rings is 1. The molecule has 0 N–H and O–H groups in total. The molecule has 0 fully saturated rings. The van der Waals surface area contributed by atoms with Crippen LogP contribution in [0.2, 0.25) is 0 Å². The zero-order valence-electron chi connectivity index (χ0n) is 16.9. The van der Waals surface area contributed by atoms with Gasteiger partial charge in [-0.05, 0) is 42.3 Å². The van der Waals surface area contributed by atoms with Crippen LogP contribution in [0.5, 0.6) is 0 Å². The molecule has 29 heavy (non-hydrogen) atoms. The Kier molecular flexibility index (Phi) is 6.54. The molecule has 1 atom stereocenters. The summed E-state index contributed by atoms with van der Waals surface area (Å²) >= 11 is 0. The lowest BCUT2D eigenvalue weighted by Crippen LogP contribution is -2.27. The Morgan fingerprint density at radius 1 is 1.17 bits per heavy atom. The minimum Gasteiger partial charge on any atom is -0.456 e. The summed E-state index contributed by atoms with van der Waals surface area (Å²) in [5.41, 5.74) is 3.45. The van der Waals surface area contributed by atoms with Crippen molar-refractivity contribution in [1.82, 2.24) is 24.8 Å². The SMILES string of the molecule is CCCn1c(C)cc(C(=O)COC(=O)[C@@H](Cc2ccccc2)n2cnnn2)c1C. The highest BCUT2D eigenvalue weighted by atomic mass is 16.5. The molecule has 0 aliphatic heterocycles. The van der Waals surface area contributed by atoms with Crippen LogP contribution in [0.15, 0.2) is 42.7 Å². The average molecular weight is 395 g/mol. The Balaban J connectivity index is 1.70. The predicted molar refractivity (Wildman–Crippen MR) is 106 cm³/mol. The number of aromatic nitrogens is 5. The van der Waals surface area contributed by atoms with Gasteiger partial charge in [0.1, 0.15) is 6.33 Å². The molecule has 2 aromatic heterocycles. The van der Waals surface area contributed by atoms with Gasteiger partial charge in [-0.3, -0.25) is 4.79 Å². The van der Waals surface area contributed by atoms with Crippen molar-refractivity contribution in [3.8, 4) is 0 Å². The molecule has 8 heteroatoms. The van der Waals surface area contributed by atoms with Crippen LogP contribution in [0, 0.1) is 13.8 Å². The Labute approximate surface area is 169 Å². The van der Waals surface area contributed by atoms with Crippen LogP contribution in [0.4, 0.5) is 0 Å². The summed E-state index contributed by atoms with van der Waals surface area (Å²) in [5.74, 6) is -0.763. The topological polar surface area (TPSA) is 91.9 Å². The summed E-state index contributed by atoms with van der Waals surface area (Å²) in [6.45, 7) is 6.51. The van der Waals surface area contributed by atoms with Gasteiger partial charge in [0, 0.05) is 29.9 Å². The second kappa shape index (κ2) is 9.27. The van der Waals surface area contributed by atoms with Crippen molar-refractivity contribution in [2.45, 2.75) is 46.2 Å². The average Bonchev–Trinajstić information content (AvgIpc) is 3.35. The molecule has 3 rings (SSSR count). The number of ketones is 1. The van der Waals surface area contributed by atoms with Gasteiger partial charge in [-0.2, -0.15) is 0 Å². The monoisotopic (exact) mass is 395 g/mol. The summed E-state index contributed by atoms with van der Waals surface area (Å²) in [6, 6.07) is 10.6. The number of Topliss-reactive ketones (excluding diaryl/α,β-unsaturated/α-hetero) is 1. The van der Waals surface area contributed by atoms with E-state index < -0.39 is 12.0 Å². The molecule has 0 unspecified atom stereocenters. The third-order valence-electron chi connectivity index (χ3n) is 4.89. The second-order valence-electron chi connectivity index (χ2n) is 6.96. The first-order valence-corrected chi connectivity index (χ1v) is 9.64. The Bertz CT molecular complexity index is 964. The molecule has 152 valence electrons. The number of hydrogen-bond donors (Lipinski definition) is 0. The maximum absolute atomic E-state index is 12.7. The number of rotatable bonds is 9. The molecule has 0 aliphatic carbocycles. The Morgan fingerprint density at radius 2 is 1.93 bits per heavy atom. The molecule has 2 heterocycles. The summed E-state index contributed by atoms with van der Waals surface area (Å²) < 4.78 is 8.83. The van der Waals surface area contributed by atoms with Crippen LogP contribution in [0.25, 0.3) is 0 Å². The molecule has 0 saturated carbocycles. The van der Waals surface area contributed by atoms with Crippen LogP contribution in [0.1, 0.15) is 46.7 Å². The van der Waals surface area contributed by atoms with Crippen molar-refractivity contribution < 1.29 is 14.3 Å². The highest BCUT2D eigenvalue weighted by molar-refractivity contribution is 5.99. The first kappa shape index (κ1) is 20.4. The molecule has 0 saturated heterocycles. The van der Waals surface area contributed by atoms with Crippen LogP contribution in [0.3, 0.4) is 0 Å². The number of esters is 1. The van der Waals surface area contributed by atoms with Crippen LogP contribution in [-0.2, 0) is 22.5 Å². The van der Waals surface area contributed by atoms with Crippen molar-refractivity contribution in [2.75, 3.05) is 6.61 Å². The van der Waals surface area contributed by atoms with E-state index in [1.54, 1.807) is 0 Å². The van der Waals surface area contributed by atoms with Gasteiger partial charge in [0.25, 0.3) is 0 Å². The van der Waals surface area contributed by atoms with Crippen LogP contribution < -0.4 is 0 Å². The number of ether oxygens (including phenoxy) is 1. The lowest BCUT2D eigenvalue weighted by molar-refractivity contribution is -0.146. The predicted octanol–water partition coefficient (Wildman–Crippen LogP) is 2.71. The number of hydrogen-bond acceptors (Lipinski definition) is 6. The Morgan fingerprint density at radius 3 is 2.59 bits per heavy atom. The first-order chi connectivity index (χ1) is 14.0. The van der Waals surface area contributed by atoms with Crippen molar-refractivity contribution in [3.05, 3.63) is 65.2 Å². The number of aryl methyl sites for hydroxylation is 1. The van der Waals surface area contributed by atoms with Crippen molar-refractivity contribution >= 4 is 11.8 Å². The van der Waals surface area contributed by atoms with E-state index in [1.165, 1.54) is 11.0 Å². The van der Waals surface area contributed by atoms with Gasteiger partial charge in [0.15, 0.2) is 12.6 Å². The summed E-state index contributed by atoms with van der Waals surface area (Å²) in [6.07, 6.45) is 2.71. The number of carbonyl (C=O) groups excluding carboxylic acids is 2. The third-order valence-corrected chi connectivity index (χ3v) is 4.89. The molecule has 0 amide bonds. The van der Waals surface area contributed by atoms with Crippen LogP contribution >= 0.6 is 0 Å². The standard InChI is InChI=1S/C21H25N5O3/c1-4-10-25-15(2)11-18(16(25)3)20(27)13-29-21(28)19(26-14-22-23-24-26)12-17-8-6-5-7-9-17/h5-9,11,14,19H,4,10,12-13H2,1-3H3/t19-/m1/s1. The molecule has 8 nitrogen and oxygen atoms in total. The molecular weight excluding hydrogens is 370 g/mol. The minimum atomic E-state index is -0.743. The van der Waals surface area contributed by atoms with Crippen molar-refractivity contribution in [1.29, 1.82) is 0 Å². The van der Waals surface area contributed by atoms with E-state index in [0.29, 0.717) is 12.0 Å². The van der Waals surface area contributed by atoms with Gasteiger partial charge >= 0.3 is 5.97 Å². The van der Waals surface area contributed by atoms with Gasteiger partial charge in [0.05, 0.1) is 0 Å². The Hall–Kier alpha value is -3.29. The molecule has 0 spiro atoms. The van der Waals surface area contributed by atoms with Crippen molar-refractivity contribution in [3.63, 3.8) is 0 Å². The zero-order chi connectivity index (χ0) is 20.8. The van der Waals surface area contributed by atoms with Gasteiger partial charge in [-0.15, -0.1) is 5.10 Å². The van der Waals surface area contributed by atoms with Gasteiger partial charge in [-0.1, -0.05) is 37.3 Å². The fourth-order valence-electron chi connectivity index (χ4n) is 3.40. The van der Waals surface area contributed by atoms with E-state index >= 15 is 0 Å². The molecule has 3 aromatic rings. The maximum Gasteiger partial charge on any atom is 0.331 e. The van der Waals surface area contributed by atoms with E-state index in [1.807, 2.05) is 50.2 Å². The number of carbonyl (C=O) groups is 2. The van der Waals surface area contributed by atoms with E-state index in [-0.39, 0.29) is 12.4 Å². The van der Waals surface area contributed by atoms with E-state index in [0.717, 1.165) is 29.9 Å². The van der Waals surface area contributed by atoms with Crippen LogP contribution in [-0.4, -0.2) is 43.1 Å². The lowest BCUT2D eigenvalue weighted by atomic mass is 10.1. The normalized spacial score (nSPS) is 12.0. The quantitative estimate of drug-likeness (QED) is 0.409. The summed E-state index contributed by atoms with van der Waals surface area (Å²) in [4.78, 5) is 25.4.